The molecule has 4 nitrogen and oxygen atoms in total. The normalized spacial score (nSPS) is 10.4. The molecule has 3 rings (SSSR count). The van der Waals surface area contributed by atoms with Crippen LogP contribution in [0.2, 0.25) is 0 Å². The summed E-state index contributed by atoms with van der Waals surface area (Å²) in [6, 6.07) is 18.0. The number of anilines is 1. The van der Waals surface area contributed by atoms with E-state index in [1.165, 1.54) is 17.4 Å². The summed E-state index contributed by atoms with van der Waals surface area (Å²) < 4.78 is 4.62. The van der Waals surface area contributed by atoms with Crippen molar-refractivity contribution >= 4 is 33.2 Å². The Morgan fingerprint density at radius 3 is 2.32 bits per heavy atom. The average molecular weight is 290 g/mol. The highest BCUT2D eigenvalue weighted by Crippen LogP contribution is 2.26. The Bertz CT molecular complexity index is 896. The van der Waals surface area contributed by atoms with Crippen molar-refractivity contribution in [1.82, 2.24) is 0 Å². The maximum Gasteiger partial charge on any atom is 0.326 e. The van der Waals surface area contributed by atoms with Crippen LogP contribution in [-0.4, -0.2) is 19.6 Å². The molecule has 0 fully saturated rings. The summed E-state index contributed by atoms with van der Waals surface area (Å²) in [6.07, 6.45) is 2.02. The Morgan fingerprint density at radius 2 is 1.68 bits per heavy atom. The first-order chi connectivity index (χ1) is 10.7. The summed E-state index contributed by atoms with van der Waals surface area (Å²) in [7, 11) is 1.31. The SMILES string of the molecule is COC(=O)CN(C#N)c1ccc2cc3ccccc3cc2c1. The molecule has 0 N–H and O–H groups in total. The molecule has 0 bridgehead atoms. The number of esters is 1. The Labute approximate surface area is 128 Å². The number of rotatable bonds is 3. The maximum atomic E-state index is 11.4. The molecule has 3 aromatic rings. The highest BCUT2D eigenvalue weighted by atomic mass is 16.5. The van der Waals surface area contributed by atoms with Crippen LogP contribution in [0.3, 0.4) is 0 Å². The molecule has 0 heterocycles. The van der Waals surface area contributed by atoms with E-state index in [1.54, 1.807) is 0 Å². The van der Waals surface area contributed by atoms with E-state index in [-0.39, 0.29) is 6.54 Å². The van der Waals surface area contributed by atoms with Crippen molar-refractivity contribution in [1.29, 1.82) is 5.26 Å². The van der Waals surface area contributed by atoms with E-state index < -0.39 is 5.97 Å². The van der Waals surface area contributed by atoms with Crippen molar-refractivity contribution < 1.29 is 9.53 Å². The third-order valence-corrected chi connectivity index (χ3v) is 3.64. The number of benzene rings is 3. The number of methoxy groups -OCH3 is 1. The third-order valence-electron chi connectivity index (χ3n) is 3.64. The van der Waals surface area contributed by atoms with E-state index in [1.807, 2.05) is 36.5 Å². The molecule has 3 aromatic carbocycles. The number of carbonyl (C=O) groups excluding carboxylic acids is 1. The van der Waals surface area contributed by atoms with Crippen LogP contribution in [0, 0.1) is 11.5 Å². The second-order valence-corrected chi connectivity index (χ2v) is 4.99. The quantitative estimate of drug-likeness (QED) is 0.321. The Morgan fingerprint density at radius 1 is 1.05 bits per heavy atom. The van der Waals surface area contributed by atoms with Gasteiger partial charge in [0.05, 0.1) is 12.8 Å². The number of fused-ring (bicyclic) bond motifs is 2. The lowest BCUT2D eigenvalue weighted by Crippen LogP contribution is -2.25. The summed E-state index contributed by atoms with van der Waals surface area (Å²) in [4.78, 5) is 12.7. The topological polar surface area (TPSA) is 53.3 Å². The molecule has 0 aromatic heterocycles. The van der Waals surface area contributed by atoms with Crippen LogP contribution >= 0.6 is 0 Å². The lowest BCUT2D eigenvalue weighted by Gasteiger charge is -2.15. The standard InChI is InChI=1S/C18H14N2O2/c1-22-18(21)11-20(12-19)17-7-6-15-8-13-4-2-3-5-14(13)9-16(15)10-17/h2-10H,11H2,1H3. The van der Waals surface area contributed by atoms with E-state index >= 15 is 0 Å². The van der Waals surface area contributed by atoms with Crippen LogP contribution in [0.5, 0.6) is 0 Å². The molecule has 0 saturated carbocycles. The number of hydrogen-bond acceptors (Lipinski definition) is 4. The van der Waals surface area contributed by atoms with E-state index in [4.69, 9.17) is 0 Å². The second-order valence-electron chi connectivity index (χ2n) is 4.99. The molecule has 0 aliphatic rings. The fourth-order valence-corrected chi connectivity index (χ4v) is 2.47. The molecule has 0 atom stereocenters. The van der Waals surface area contributed by atoms with Gasteiger partial charge in [-0.05, 0) is 45.8 Å². The predicted octanol–water partition coefficient (Wildman–Crippen LogP) is 3.45. The fraction of sp³-hybridized carbons (Fsp3) is 0.111. The van der Waals surface area contributed by atoms with E-state index in [0.29, 0.717) is 5.69 Å². The second kappa shape index (κ2) is 5.74. The van der Waals surface area contributed by atoms with E-state index in [9.17, 15) is 10.1 Å². The number of nitrogens with zero attached hydrogens (tertiary/aromatic N) is 2. The van der Waals surface area contributed by atoms with Crippen LogP contribution in [0.4, 0.5) is 5.69 Å². The van der Waals surface area contributed by atoms with Gasteiger partial charge >= 0.3 is 5.97 Å². The van der Waals surface area contributed by atoms with E-state index in [2.05, 4.69) is 29.0 Å². The molecular weight excluding hydrogens is 276 g/mol. The maximum absolute atomic E-state index is 11.4. The molecule has 0 aliphatic carbocycles. The van der Waals surface area contributed by atoms with Crippen LogP contribution in [0.25, 0.3) is 21.5 Å². The molecule has 4 heteroatoms. The van der Waals surface area contributed by atoms with Crippen molar-refractivity contribution in [3.05, 3.63) is 54.6 Å². The Balaban J connectivity index is 2.06. The van der Waals surface area contributed by atoms with Crippen molar-refractivity contribution in [2.45, 2.75) is 0 Å². The predicted molar refractivity (Wildman–Crippen MR) is 86.4 cm³/mol. The van der Waals surface area contributed by atoms with Gasteiger partial charge in [-0.3, -0.25) is 9.69 Å². The Hall–Kier alpha value is -3.06. The molecule has 108 valence electrons. The summed E-state index contributed by atoms with van der Waals surface area (Å²) >= 11 is 0. The first kappa shape index (κ1) is 13.9. The molecule has 0 saturated heterocycles. The van der Waals surface area contributed by atoms with Gasteiger partial charge in [-0.25, -0.2) is 0 Å². The van der Waals surface area contributed by atoms with Crippen LogP contribution in [-0.2, 0) is 9.53 Å². The van der Waals surface area contributed by atoms with Gasteiger partial charge in [0.1, 0.15) is 6.54 Å². The first-order valence-corrected chi connectivity index (χ1v) is 6.88. The lowest BCUT2D eigenvalue weighted by atomic mass is 10.0. The molecule has 0 radical (unpaired) electrons. The van der Waals surface area contributed by atoms with Gasteiger partial charge in [-0.1, -0.05) is 30.3 Å². The molecule has 0 aliphatic heterocycles. The van der Waals surface area contributed by atoms with Gasteiger partial charge in [0.25, 0.3) is 0 Å². The van der Waals surface area contributed by atoms with Gasteiger partial charge in [0, 0.05) is 0 Å². The highest BCUT2D eigenvalue weighted by Gasteiger charge is 2.12. The van der Waals surface area contributed by atoms with Crippen molar-refractivity contribution in [3.8, 4) is 6.19 Å². The molecule has 22 heavy (non-hydrogen) atoms. The summed E-state index contributed by atoms with van der Waals surface area (Å²) in [6.45, 7) is -0.0912. The highest BCUT2D eigenvalue weighted by molar-refractivity contribution is 5.99. The zero-order valence-electron chi connectivity index (χ0n) is 12.1. The van der Waals surface area contributed by atoms with Crippen molar-refractivity contribution in [3.63, 3.8) is 0 Å². The molecule has 0 spiro atoms. The van der Waals surface area contributed by atoms with Gasteiger partial charge in [0.2, 0.25) is 0 Å². The van der Waals surface area contributed by atoms with E-state index in [0.717, 1.165) is 16.2 Å². The van der Waals surface area contributed by atoms with Crippen LogP contribution in [0.15, 0.2) is 54.6 Å². The monoisotopic (exact) mass is 290 g/mol. The minimum Gasteiger partial charge on any atom is -0.468 e. The van der Waals surface area contributed by atoms with Crippen molar-refractivity contribution in [2.24, 2.45) is 0 Å². The first-order valence-electron chi connectivity index (χ1n) is 6.88. The van der Waals surface area contributed by atoms with Gasteiger partial charge in [-0.15, -0.1) is 0 Å². The lowest BCUT2D eigenvalue weighted by molar-refractivity contribution is -0.138. The Kier molecular flexibility index (Phi) is 3.63. The van der Waals surface area contributed by atoms with Gasteiger partial charge in [-0.2, -0.15) is 5.26 Å². The summed E-state index contributed by atoms with van der Waals surface area (Å²) in [5.74, 6) is -0.444. The molecule has 0 amide bonds. The van der Waals surface area contributed by atoms with Crippen LogP contribution < -0.4 is 4.90 Å². The summed E-state index contributed by atoms with van der Waals surface area (Å²) in [5.41, 5.74) is 0.677. The largest absolute Gasteiger partial charge is 0.468 e. The number of hydrogen-bond donors (Lipinski definition) is 0. The van der Waals surface area contributed by atoms with Crippen molar-refractivity contribution in [2.75, 3.05) is 18.6 Å². The third kappa shape index (κ3) is 2.57. The van der Waals surface area contributed by atoms with Gasteiger partial charge in [0.15, 0.2) is 6.19 Å². The smallest absolute Gasteiger partial charge is 0.326 e. The number of nitriles is 1. The zero-order chi connectivity index (χ0) is 15.5. The number of carbonyl (C=O) groups is 1. The molecular formula is C18H14N2O2. The fourth-order valence-electron chi connectivity index (χ4n) is 2.47. The van der Waals surface area contributed by atoms with Gasteiger partial charge < -0.3 is 4.74 Å². The molecule has 0 unspecified atom stereocenters. The minimum absolute atomic E-state index is 0.0912. The summed E-state index contributed by atoms with van der Waals surface area (Å²) in [5, 5.41) is 13.7. The van der Waals surface area contributed by atoms with Crippen LogP contribution in [0.1, 0.15) is 0 Å². The minimum atomic E-state index is -0.444. The average Bonchev–Trinajstić information content (AvgIpc) is 2.57. The zero-order valence-corrected chi connectivity index (χ0v) is 12.1. The number of ether oxygens (including phenoxy) is 1.